The summed E-state index contributed by atoms with van der Waals surface area (Å²) in [6.45, 7) is 4.07. The van der Waals surface area contributed by atoms with Crippen molar-refractivity contribution in [1.82, 2.24) is 10.2 Å². The summed E-state index contributed by atoms with van der Waals surface area (Å²) in [5.74, 6) is 0.821. The molecule has 1 unspecified atom stereocenters. The van der Waals surface area contributed by atoms with Crippen molar-refractivity contribution in [2.24, 2.45) is 5.41 Å². The van der Waals surface area contributed by atoms with Crippen molar-refractivity contribution >= 4 is 21.8 Å². The van der Waals surface area contributed by atoms with Crippen LogP contribution in [0.4, 0.5) is 0 Å². The van der Waals surface area contributed by atoms with Crippen LogP contribution in [0.5, 0.6) is 0 Å². The lowest BCUT2D eigenvalue weighted by molar-refractivity contribution is -0.137. The van der Waals surface area contributed by atoms with E-state index in [0.717, 1.165) is 42.1 Å². The maximum atomic E-state index is 13.4. The van der Waals surface area contributed by atoms with E-state index >= 15 is 0 Å². The lowest BCUT2D eigenvalue weighted by Crippen LogP contribution is -2.56. The summed E-state index contributed by atoms with van der Waals surface area (Å²) in [5, 5.41) is 3.53. The van der Waals surface area contributed by atoms with Crippen molar-refractivity contribution < 1.29 is 9.53 Å². The average molecular weight is 391 g/mol. The van der Waals surface area contributed by atoms with E-state index in [1.807, 2.05) is 7.05 Å². The van der Waals surface area contributed by atoms with Gasteiger partial charge in [-0.05, 0) is 55.4 Å². The minimum Gasteiger partial charge on any atom is -0.381 e. The van der Waals surface area contributed by atoms with Gasteiger partial charge in [-0.1, -0.05) is 28.6 Å². The number of hydrogen-bond donors (Lipinski definition) is 1. The third-order valence-electron chi connectivity index (χ3n) is 6.39. The number of fused-ring (bicyclic) bond motifs is 3. The first-order chi connectivity index (χ1) is 11.4. The van der Waals surface area contributed by atoms with Crippen LogP contribution in [0.2, 0.25) is 0 Å². The minimum atomic E-state index is -0.684. The van der Waals surface area contributed by atoms with E-state index in [2.05, 4.69) is 46.0 Å². The van der Waals surface area contributed by atoms with E-state index in [9.17, 15) is 4.79 Å². The minimum absolute atomic E-state index is 0.101. The van der Waals surface area contributed by atoms with Gasteiger partial charge in [0, 0.05) is 24.0 Å². The monoisotopic (exact) mass is 390 g/mol. The Kier molecular flexibility index (Phi) is 3.59. The van der Waals surface area contributed by atoms with E-state index in [4.69, 9.17) is 4.74 Å². The van der Waals surface area contributed by atoms with Gasteiger partial charge in [0.15, 0.2) is 5.54 Å². The Labute approximate surface area is 151 Å². The maximum absolute atomic E-state index is 13.4. The van der Waals surface area contributed by atoms with Crippen LogP contribution in [0.25, 0.3) is 0 Å². The molecule has 1 heterocycles. The van der Waals surface area contributed by atoms with E-state index in [1.54, 1.807) is 12.0 Å². The molecule has 2 aliphatic carbocycles. The highest BCUT2D eigenvalue weighted by atomic mass is 79.9. The van der Waals surface area contributed by atoms with E-state index in [0.29, 0.717) is 11.9 Å². The zero-order chi connectivity index (χ0) is 17.1. The molecular formula is C19H23BrN2O2. The SMILES string of the molecule is C=C1NC2(C(=O)N1C)c1cc(Br)ccc1CC21CCC(OC)CC1. The van der Waals surface area contributed by atoms with Crippen LogP contribution >= 0.6 is 15.9 Å². The number of likely N-dealkylation sites (N-methyl/N-ethyl adjacent to an activating group) is 1. The number of nitrogens with one attached hydrogen (secondary N) is 1. The topological polar surface area (TPSA) is 41.6 Å². The number of benzene rings is 1. The summed E-state index contributed by atoms with van der Waals surface area (Å²) in [4.78, 5) is 15.1. The predicted molar refractivity (Wildman–Crippen MR) is 96.3 cm³/mol. The first kappa shape index (κ1) is 16.2. The van der Waals surface area contributed by atoms with Crippen molar-refractivity contribution in [2.75, 3.05) is 14.2 Å². The van der Waals surface area contributed by atoms with Crippen molar-refractivity contribution in [3.05, 3.63) is 46.2 Å². The van der Waals surface area contributed by atoms with E-state index in [1.165, 1.54) is 5.56 Å². The number of carbonyl (C=O) groups excluding carboxylic acids is 1. The zero-order valence-electron chi connectivity index (χ0n) is 14.2. The van der Waals surface area contributed by atoms with Crippen molar-refractivity contribution in [1.29, 1.82) is 0 Å². The molecule has 4 rings (SSSR count). The molecular weight excluding hydrogens is 368 g/mol. The Morgan fingerprint density at radius 3 is 2.67 bits per heavy atom. The summed E-state index contributed by atoms with van der Waals surface area (Å²) in [6, 6.07) is 6.35. The van der Waals surface area contributed by atoms with Gasteiger partial charge >= 0.3 is 0 Å². The summed E-state index contributed by atoms with van der Waals surface area (Å²) in [5.41, 5.74) is 1.60. The van der Waals surface area contributed by atoms with Crippen molar-refractivity contribution in [3.63, 3.8) is 0 Å². The third kappa shape index (κ3) is 1.91. The molecule has 0 radical (unpaired) electrons. The van der Waals surface area contributed by atoms with Gasteiger partial charge in [-0.3, -0.25) is 9.69 Å². The normalized spacial score (nSPS) is 35.0. The Morgan fingerprint density at radius 2 is 2.08 bits per heavy atom. The molecule has 5 heteroatoms. The van der Waals surface area contributed by atoms with Gasteiger partial charge in [0.25, 0.3) is 5.91 Å². The molecule has 1 aromatic carbocycles. The highest BCUT2D eigenvalue weighted by molar-refractivity contribution is 9.10. The molecule has 0 aromatic heterocycles. The molecule has 1 N–H and O–H groups in total. The number of hydrogen-bond acceptors (Lipinski definition) is 3. The smallest absolute Gasteiger partial charge is 0.258 e. The Morgan fingerprint density at radius 1 is 1.38 bits per heavy atom. The molecule has 1 aromatic rings. The van der Waals surface area contributed by atoms with Crippen LogP contribution in [0.1, 0.15) is 36.8 Å². The molecule has 1 atom stereocenters. The second-order valence-corrected chi connectivity index (χ2v) is 8.30. The highest BCUT2D eigenvalue weighted by Crippen LogP contribution is 2.60. The molecule has 1 amide bonds. The van der Waals surface area contributed by atoms with Gasteiger partial charge < -0.3 is 10.1 Å². The van der Waals surface area contributed by atoms with Crippen LogP contribution in [0.15, 0.2) is 35.1 Å². The molecule has 3 aliphatic rings. The molecule has 0 bridgehead atoms. The van der Waals surface area contributed by atoms with Crippen molar-refractivity contribution in [2.45, 2.75) is 43.7 Å². The van der Waals surface area contributed by atoms with Gasteiger partial charge in [0.2, 0.25) is 0 Å². The van der Waals surface area contributed by atoms with Gasteiger partial charge in [-0.2, -0.15) is 0 Å². The number of halogens is 1. The fraction of sp³-hybridized carbons (Fsp3) is 0.526. The lowest BCUT2D eigenvalue weighted by Gasteiger charge is -2.46. The second-order valence-electron chi connectivity index (χ2n) is 7.38. The summed E-state index contributed by atoms with van der Waals surface area (Å²) in [7, 11) is 3.60. The molecule has 128 valence electrons. The molecule has 4 nitrogen and oxygen atoms in total. The first-order valence-corrected chi connectivity index (χ1v) is 9.30. The number of rotatable bonds is 1. The molecule has 1 saturated heterocycles. The summed E-state index contributed by atoms with van der Waals surface area (Å²) in [6.07, 6.45) is 5.21. The second kappa shape index (κ2) is 5.33. The number of nitrogens with zero attached hydrogens (tertiary/aromatic N) is 1. The van der Waals surface area contributed by atoms with Crippen LogP contribution in [0.3, 0.4) is 0 Å². The molecule has 2 fully saturated rings. The summed E-state index contributed by atoms with van der Waals surface area (Å²) >= 11 is 3.58. The Hall–Kier alpha value is -1.33. The van der Waals surface area contributed by atoms with E-state index in [-0.39, 0.29) is 11.3 Å². The van der Waals surface area contributed by atoms with Crippen LogP contribution in [-0.2, 0) is 21.5 Å². The fourth-order valence-corrected chi connectivity index (χ4v) is 5.40. The van der Waals surface area contributed by atoms with Gasteiger partial charge in [0.1, 0.15) is 5.82 Å². The van der Waals surface area contributed by atoms with Crippen LogP contribution in [-0.4, -0.2) is 31.1 Å². The fourth-order valence-electron chi connectivity index (χ4n) is 5.04. The van der Waals surface area contributed by atoms with Crippen LogP contribution in [0, 0.1) is 5.41 Å². The Bertz CT molecular complexity index is 724. The largest absolute Gasteiger partial charge is 0.381 e. The van der Waals surface area contributed by atoms with Gasteiger partial charge in [-0.25, -0.2) is 0 Å². The number of carbonyl (C=O) groups is 1. The first-order valence-electron chi connectivity index (χ1n) is 8.50. The van der Waals surface area contributed by atoms with E-state index < -0.39 is 5.54 Å². The molecule has 1 aliphatic heterocycles. The van der Waals surface area contributed by atoms with Crippen molar-refractivity contribution in [3.8, 4) is 0 Å². The summed E-state index contributed by atoms with van der Waals surface area (Å²) < 4.78 is 6.58. The number of methoxy groups -OCH3 is 1. The van der Waals surface area contributed by atoms with Gasteiger partial charge in [-0.15, -0.1) is 0 Å². The zero-order valence-corrected chi connectivity index (χ0v) is 15.8. The predicted octanol–water partition coefficient (Wildman–Crippen LogP) is 3.31. The Balaban J connectivity index is 1.87. The van der Waals surface area contributed by atoms with Crippen LogP contribution < -0.4 is 5.32 Å². The molecule has 2 spiro atoms. The lowest BCUT2D eigenvalue weighted by atomic mass is 9.61. The number of amides is 1. The maximum Gasteiger partial charge on any atom is 0.258 e. The number of ether oxygens (including phenoxy) is 1. The molecule has 1 saturated carbocycles. The van der Waals surface area contributed by atoms with Gasteiger partial charge in [0.05, 0.1) is 6.10 Å². The quantitative estimate of drug-likeness (QED) is 0.799. The average Bonchev–Trinajstić information content (AvgIpc) is 2.97. The highest BCUT2D eigenvalue weighted by Gasteiger charge is 2.66. The molecule has 24 heavy (non-hydrogen) atoms. The standard InChI is InChI=1S/C19H23BrN2O2/c1-12-21-19(17(23)22(12)2)16-10-14(20)5-4-13(16)11-18(19)8-6-15(24-3)7-9-18/h4-5,10,15,21H,1,6-9,11H2,2-3H3. The third-order valence-corrected chi connectivity index (χ3v) is 6.88.